The Hall–Kier alpha value is -1.80. The highest BCUT2D eigenvalue weighted by Crippen LogP contribution is 2.38. The average molecular weight is 1030 g/mol. The van der Waals surface area contributed by atoms with Crippen molar-refractivity contribution in [1.29, 1.82) is 0 Å². The zero-order valence-corrected chi connectivity index (χ0v) is 49.0. The number of aliphatic hydroxyl groups excluding tert-OH is 1. The molecule has 0 aromatic carbocycles. The van der Waals surface area contributed by atoms with E-state index < -0.39 is 26.6 Å². The molecule has 0 bridgehead atoms. The van der Waals surface area contributed by atoms with Crippen molar-refractivity contribution in [2.75, 3.05) is 40.9 Å². The third-order valence-corrected chi connectivity index (χ3v) is 14.6. The first-order chi connectivity index (χ1) is 35.0. The molecule has 0 saturated carbocycles. The van der Waals surface area contributed by atoms with Gasteiger partial charge in [-0.15, -0.1) is 0 Å². The first-order valence-electron chi connectivity index (χ1n) is 30.7. The Kier molecular flexibility index (Phi) is 52.7. The van der Waals surface area contributed by atoms with Gasteiger partial charge in [-0.2, -0.15) is 0 Å². The van der Waals surface area contributed by atoms with Crippen LogP contribution in [0.3, 0.4) is 0 Å². The van der Waals surface area contributed by atoms with E-state index in [0.717, 1.165) is 51.4 Å². The Bertz CT molecular complexity index is 1360. The summed E-state index contributed by atoms with van der Waals surface area (Å²) in [6.07, 6.45) is 73.2. The van der Waals surface area contributed by atoms with Crippen LogP contribution in [0.25, 0.3) is 0 Å². The molecule has 0 spiro atoms. The molecule has 0 saturated heterocycles. The predicted molar refractivity (Wildman–Crippen MR) is 311 cm³/mol. The molecule has 3 atom stereocenters. The Labute approximate surface area is 447 Å². The number of amides is 1. The third kappa shape index (κ3) is 55.9. The van der Waals surface area contributed by atoms with Crippen molar-refractivity contribution in [3.05, 3.63) is 60.8 Å². The van der Waals surface area contributed by atoms with Crippen LogP contribution in [-0.2, 0) is 18.4 Å². The highest BCUT2D eigenvalue weighted by Gasteiger charge is 2.23. The van der Waals surface area contributed by atoms with E-state index >= 15 is 0 Å². The molecule has 422 valence electrons. The SMILES string of the molecule is CCCCC/C=C\C/C=C\CCCCCCCCCCCC(=O)NC(COP(=O)([O-])OCC[N+](C)(C)C)C(O)/C=C/CC/C=C/CC/C=C/CCCCCCCCCCCCCCCCCCCCCCC. The standard InChI is InChI=1S/C63H119N2O6P/c1-6-8-10-12-14-16-18-20-22-24-26-27-28-29-30-31-32-33-34-35-36-37-39-40-42-44-46-48-50-52-54-56-62(66)61(60-71-72(68,69)70-59-58-65(3,4)5)64-63(67)57-55-53-51-49-47-45-43-41-38-25-23-21-19-17-15-13-11-9-7-2/h15,17,21,23,39-40,46,48,54,56,61-62,66H,6-14,16,18-20,22,24-38,41-45,47,49-53,55,57-60H2,1-5H3,(H-,64,67,68,69)/b17-15-,23-21-,40-39+,48-46+,56-54+. The van der Waals surface area contributed by atoms with Crippen molar-refractivity contribution in [3.63, 3.8) is 0 Å². The van der Waals surface area contributed by atoms with Crippen LogP contribution in [-0.4, -0.2) is 68.5 Å². The minimum atomic E-state index is -4.61. The number of aliphatic hydroxyl groups is 1. The summed E-state index contributed by atoms with van der Waals surface area (Å²) >= 11 is 0. The van der Waals surface area contributed by atoms with Crippen LogP contribution in [0.15, 0.2) is 60.8 Å². The van der Waals surface area contributed by atoms with Gasteiger partial charge in [0.2, 0.25) is 5.91 Å². The van der Waals surface area contributed by atoms with Gasteiger partial charge in [0.15, 0.2) is 0 Å². The highest BCUT2D eigenvalue weighted by molar-refractivity contribution is 7.45. The normalized spacial score (nSPS) is 14.3. The molecule has 0 fully saturated rings. The number of quaternary nitrogens is 1. The van der Waals surface area contributed by atoms with Gasteiger partial charge in [-0.3, -0.25) is 9.36 Å². The smallest absolute Gasteiger partial charge is 0.268 e. The van der Waals surface area contributed by atoms with Crippen LogP contribution >= 0.6 is 7.82 Å². The van der Waals surface area contributed by atoms with Gasteiger partial charge in [0.25, 0.3) is 7.82 Å². The predicted octanol–water partition coefficient (Wildman–Crippen LogP) is 18.2. The number of rotatable bonds is 56. The Morgan fingerprint density at radius 3 is 1.24 bits per heavy atom. The molecule has 3 unspecified atom stereocenters. The van der Waals surface area contributed by atoms with E-state index in [4.69, 9.17) is 9.05 Å². The van der Waals surface area contributed by atoms with Crippen molar-refractivity contribution in [2.45, 2.75) is 296 Å². The van der Waals surface area contributed by atoms with Gasteiger partial charge in [0.05, 0.1) is 39.9 Å². The molecule has 2 N–H and O–H groups in total. The van der Waals surface area contributed by atoms with E-state index in [1.54, 1.807) is 6.08 Å². The largest absolute Gasteiger partial charge is 0.756 e. The molecule has 0 aliphatic rings. The minimum Gasteiger partial charge on any atom is -0.756 e. The maximum atomic E-state index is 13.0. The van der Waals surface area contributed by atoms with E-state index in [0.29, 0.717) is 17.4 Å². The minimum absolute atomic E-state index is 0.0115. The topological polar surface area (TPSA) is 108 Å². The Balaban J connectivity index is 4.21. The maximum absolute atomic E-state index is 13.0. The van der Waals surface area contributed by atoms with Gasteiger partial charge < -0.3 is 28.8 Å². The molecule has 0 aliphatic carbocycles. The Morgan fingerprint density at radius 1 is 0.486 bits per heavy atom. The lowest BCUT2D eigenvalue weighted by Crippen LogP contribution is -2.45. The van der Waals surface area contributed by atoms with Gasteiger partial charge in [0.1, 0.15) is 13.2 Å². The van der Waals surface area contributed by atoms with Crippen LogP contribution in [0.2, 0.25) is 0 Å². The molecule has 0 radical (unpaired) electrons. The van der Waals surface area contributed by atoms with Gasteiger partial charge in [-0.25, -0.2) is 0 Å². The van der Waals surface area contributed by atoms with E-state index in [-0.39, 0.29) is 12.5 Å². The summed E-state index contributed by atoms with van der Waals surface area (Å²) in [6, 6.07) is -0.915. The molecule has 1 amide bonds. The number of nitrogens with one attached hydrogen (secondary N) is 1. The molecule has 0 aliphatic heterocycles. The van der Waals surface area contributed by atoms with E-state index in [2.05, 4.69) is 67.8 Å². The summed E-state index contributed by atoms with van der Waals surface area (Å²) in [5, 5.41) is 13.9. The molecular weight excluding hydrogens is 912 g/mol. The highest BCUT2D eigenvalue weighted by atomic mass is 31.2. The first kappa shape index (κ1) is 70.2. The molecule has 0 heterocycles. The summed E-state index contributed by atoms with van der Waals surface area (Å²) in [6.45, 7) is 4.62. The summed E-state index contributed by atoms with van der Waals surface area (Å²) in [5.74, 6) is -0.215. The van der Waals surface area contributed by atoms with Crippen LogP contribution in [0.5, 0.6) is 0 Å². The monoisotopic (exact) mass is 1030 g/mol. The number of nitrogens with zero attached hydrogens (tertiary/aromatic N) is 1. The van der Waals surface area contributed by atoms with Crippen LogP contribution in [0.1, 0.15) is 284 Å². The van der Waals surface area contributed by atoms with Crippen molar-refractivity contribution in [1.82, 2.24) is 5.32 Å². The number of hydrogen-bond acceptors (Lipinski definition) is 6. The van der Waals surface area contributed by atoms with Crippen LogP contribution < -0.4 is 10.2 Å². The molecule has 72 heavy (non-hydrogen) atoms. The summed E-state index contributed by atoms with van der Waals surface area (Å²) in [7, 11) is 1.23. The third-order valence-electron chi connectivity index (χ3n) is 13.7. The fourth-order valence-electron chi connectivity index (χ4n) is 8.86. The second-order valence-electron chi connectivity index (χ2n) is 22.0. The lowest BCUT2D eigenvalue weighted by atomic mass is 10.0. The average Bonchev–Trinajstić information content (AvgIpc) is 3.34. The van der Waals surface area contributed by atoms with E-state index in [1.807, 2.05) is 27.2 Å². The second-order valence-corrected chi connectivity index (χ2v) is 23.4. The maximum Gasteiger partial charge on any atom is 0.268 e. The fraction of sp³-hybridized carbons (Fsp3) is 0.825. The number of carbonyl (C=O) groups excluding carboxylic acids is 1. The molecule has 9 heteroatoms. The van der Waals surface area contributed by atoms with Crippen molar-refractivity contribution < 1.29 is 32.9 Å². The lowest BCUT2D eigenvalue weighted by Gasteiger charge is -2.29. The summed E-state index contributed by atoms with van der Waals surface area (Å²) < 4.78 is 23.3. The summed E-state index contributed by atoms with van der Waals surface area (Å²) in [5.41, 5.74) is 0. The van der Waals surface area contributed by atoms with E-state index in [9.17, 15) is 19.4 Å². The zero-order valence-electron chi connectivity index (χ0n) is 48.1. The summed E-state index contributed by atoms with van der Waals surface area (Å²) in [4.78, 5) is 25.5. The van der Waals surface area contributed by atoms with Crippen molar-refractivity contribution in [3.8, 4) is 0 Å². The zero-order chi connectivity index (χ0) is 52.7. The second kappa shape index (κ2) is 54.0. The molecule has 0 rings (SSSR count). The van der Waals surface area contributed by atoms with Gasteiger partial charge >= 0.3 is 0 Å². The van der Waals surface area contributed by atoms with Crippen molar-refractivity contribution >= 4 is 13.7 Å². The molecule has 0 aromatic heterocycles. The number of phosphoric ester groups is 1. The lowest BCUT2D eigenvalue weighted by molar-refractivity contribution is -0.870. The number of likely N-dealkylation sites (N-methyl/N-ethyl adjacent to an activating group) is 1. The number of carbonyl (C=O) groups is 1. The van der Waals surface area contributed by atoms with Crippen LogP contribution in [0, 0.1) is 0 Å². The van der Waals surface area contributed by atoms with Gasteiger partial charge in [-0.05, 0) is 77.0 Å². The Morgan fingerprint density at radius 2 is 0.819 bits per heavy atom. The number of hydrogen-bond donors (Lipinski definition) is 2. The number of unbranched alkanes of at least 4 members (excludes halogenated alkanes) is 35. The molecular formula is C63H119N2O6P. The molecule has 0 aromatic rings. The van der Waals surface area contributed by atoms with Crippen LogP contribution in [0.4, 0.5) is 0 Å². The van der Waals surface area contributed by atoms with E-state index in [1.165, 1.54) is 212 Å². The van der Waals surface area contributed by atoms with Gasteiger partial charge in [-0.1, -0.05) is 261 Å². The van der Waals surface area contributed by atoms with Gasteiger partial charge in [0, 0.05) is 6.42 Å². The van der Waals surface area contributed by atoms with Crippen molar-refractivity contribution in [2.24, 2.45) is 0 Å². The quantitative estimate of drug-likeness (QED) is 0.0272. The molecule has 8 nitrogen and oxygen atoms in total. The number of phosphoric acid groups is 1. The fourth-order valence-corrected chi connectivity index (χ4v) is 9.59. The first-order valence-corrected chi connectivity index (χ1v) is 32.1. The number of allylic oxidation sites excluding steroid dienone is 9.